The van der Waals surface area contributed by atoms with E-state index in [9.17, 15) is 4.39 Å². The summed E-state index contributed by atoms with van der Waals surface area (Å²) in [6, 6.07) is 5.10. The van der Waals surface area contributed by atoms with Gasteiger partial charge in [0.15, 0.2) is 11.6 Å². The minimum Gasteiger partial charge on any atom is -0.491 e. The van der Waals surface area contributed by atoms with Crippen molar-refractivity contribution >= 4 is 0 Å². The van der Waals surface area contributed by atoms with Crippen LogP contribution in [-0.2, 0) is 0 Å². The Morgan fingerprint density at radius 1 is 1.53 bits per heavy atom. The molecule has 0 aromatic heterocycles. The van der Waals surface area contributed by atoms with Gasteiger partial charge in [0.25, 0.3) is 0 Å². The average Bonchev–Trinajstić information content (AvgIpc) is 2.27. The van der Waals surface area contributed by atoms with E-state index in [0.29, 0.717) is 17.9 Å². The zero-order chi connectivity index (χ0) is 11.3. The Hall–Kier alpha value is -1.31. The third-order valence-corrected chi connectivity index (χ3v) is 2.14. The minimum absolute atomic E-state index is 0.241. The van der Waals surface area contributed by atoms with Crippen LogP contribution in [0.3, 0.4) is 0 Å². The Bertz CT molecular complexity index is 333. The number of ether oxygens (including phenoxy) is 1. The van der Waals surface area contributed by atoms with E-state index >= 15 is 0 Å². The van der Waals surface area contributed by atoms with Gasteiger partial charge < -0.3 is 4.74 Å². The first kappa shape index (κ1) is 11.8. The summed E-state index contributed by atoms with van der Waals surface area (Å²) in [5.41, 5.74) is 0.526. The monoisotopic (exact) mass is 207 g/mol. The van der Waals surface area contributed by atoms with Crippen molar-refractivity contribution in [2.45, 2.75) is 19.3 Å². The maximum Gasteiger partial charge on any atom is 0.168 e. The van der Waals surface area contributed by atoms with Crippen molar-refractivity contribution in [1.29, 1.82) is 0 Å². The molecule has 1 rings (SSSR count). The molecule has 0 saturated heterocycles. The van der Waals surface area contributed by atoms with Gasteiger partial charge in [0, 0.05) is 5.92 Å². The van der Waals surface area contributed by atoms with E-state index in [2.05, 4.69) is 13.5 Å². The Morgan fingerprint density at radius 2 is 2.27 bits per heavy atom. The second kappa shape index (κ2) is 5.54. The second-order valence-electron chi connectivity index (χ2n) is 3.35. The van der Waals surface area contributed by atoms with Crippen LogP contribution < -0.4 is 4.74 Å². The zero-order valence-electron chi connectivity index (χ0n) is 9.00. The molecule has 81 valence electrons. The van der Waals surface area contributed by atoms with Crippen molar-refractivity contribution in [1.82, 2.24) is 0 Å². The van der Waals surface area contributed by atoms with Crippen LogP contribution in [0.2, 0.25) is 0 Å². The number of halogens is 1. The Balaban J connectivity index is 2.94. The smallest absolute Gasteiger partial charge is 0.168 e. The number of allylic oxidation sites excluding steroid dienone is 1. The Labute approximate surface area is 90.6 Å². The molecule has 0 fully saturated rings. The molecule has 0 aliphatic heterocycles. The van der Waals surface area contributed by atoms with Gasteiger partial charge in [0.05, 0.1) is 6.61 Å². The highest BCUT2D eigenvalue weighted by Crippen LogP contribution is 2.26. The minimum atomic E-state index is -0.328. The van der Waals surface area contributed by atoms with Crippen molar-refractivity contribution in [3.05, 3.63) is 49.2 Å². The fourth-order valence-corrected chi connectivity index (χ4v) is 1.26. The summed E-state index contributed by atoms with van der Waals surface area (Å²) >= 11 is 0. The molecule has 0 spiro atoms. The van der Waals surface area contributed by atoms with Crippen molar-refractivity contribution in [2.75, 3.05) is 6.61 Å². The van der Waals surface area contributed by atoms with Crippen LogP contribution in [0.1, 0.15) is 24.8 Å². The lowest BCUT2D eigenvalue weighted by Gasteiger charge is -2.11. The van der Waals surface area contributed by atoms with Gasteiger partial charge in [0.2, 0.25) is 0 Å². The maximum absolute atomic E-state index is 13.8. The second-order valence-corrected chi connectivity index (χ2v) is 3.35. The quantitative estimate of drug-likeness (QED) is 0.669. The molecule has 0 bridgehead atoms. The molecule has 0 N–H and O–H groups in total. The van der Waals surface area contributed by atoms with Crippen LogP contribution in [-0.4, -0.2) is 6.61 Å². The SMILES string of the molecule is [CH2]C(C=C)c1cccc(OCCC)c1F. The van der Waals surface area contributed by atoms with E-state index in [1.807, 2.05) is 6.92 Å². The van der Waals surface area contributed by atoms with Gasteiger partial charge in [-0.15, -0.1) is 6.58 Å². The van der Waals surface area contributed by atoms with E-state index in [4.69, 9.17) is 4.74 Å². The molecule has 0 aliphatic rings. The van der Waals surface area contributed by atoms with Crippen LogP contribution >= 0.6 is 0 Å². The summed E-state index contributed by atoms with van der Waals surface area (Å²) in [6.45, 7) is 9.90. The van der Waals surface area contributed by atoms with E-state index < -0.39 is 0 Å². The number of hydrogen-bond donors (Lipinski definition) is 0. The topological polar surface area (TPSA) is 9.23 Å². The van der Waals surface area contributed by atoms with Crippen molar-refractivity contribution in [2.24, 2.45) is 0 Å². The van der Waals surface area contributed by atoms with Gasteiger partial charge in [-0.1, -0.05) is 25.1 Å². The summed E-state index contributed by atoms with van der Waals surface area (Å²) < 4.78 is 19.1. The molecule has 0 aliphatic carbocycles. The molecule has 0 heterocycles. The molecule has 1 unspecified atom stereocenters. The molecule has 0 saturated carbocycles. The standard InChI is InChI=1S/C13H16FO/c1-4-9-15-12-8-6-7-11(13(12)14)10(3)5-2/h5-8,10H,2-4,9H2,1H3. The Kier molecular flexibility index (Phi) is 4.35. The lowest BCUT2D eigenvalue weighted by molar-refractivity contribution is 0.300. The van der Waals surface area contributed by atoms with E-state index in [1.165, 1.54) is 0 Å². The summed E-state index contributed by atoms with van der Waals surface area (Å²) in [5, 5.41) is 0. The molecular formula is C13H16FO. The van der Waals surface area contributed by atoms with Gasteiger partial charge >= 0.3 is 0 Å². The number of rotatable bonds is 5. The molecule has 0 amide bonds. The predicted octanol–water partition coefficient (Wildman–Crippen LogP) is 3.72. The van der Waals surface area contributed by atoms with Gasteiger partial charge in [0.1, 0.15) is 0 Å². The molecule has 1 radical (unpaired) electrons. The normalized spacial score (nSPS) is 12.2. The van der Waals surface area contributed by atoms with Gasteiger partial charge in [-0.3, -0.25) is 0 Å². The highest BCUT2D eigenvalue weighted by molar-refractivity contribution is 5.35. The van der Waals surface area contributed by atoms with Gasteiger partial charge in [-0.2, -0.15) is 0 Å². The van der Waals surface area contributed by atoms with Crippen LogP contribution in [0.25, 0.3) is 0 Å². The first-order valence-corrected chi connectivity index (χ1v) is 5.07. The zero-order valence-corrected chi connectivity index (χ0v) is 9.00. The summed E-state index contributed by atoms with van der Waals surface area (Å²) in [5.74, 6) is -0.272. The van der Waals surface area contributed by atoms with Gasteiger partial charge in [-0.25, -0.2) is 4.39 Å². The van der Waals surface area contributed by atoms with Crippen LogP contribution in [0.4, 0.5) is 4.39 Å². The Morgan fingerprint density at radius 3 is 2.87 bits per heavy atom. The van der Waals surface area contributed by atoms with Gasteiger partial charge in [-0.05, 0) is 25.0 Å². The summed E-state index contributed by atoms with van der Waals surface area (Å²) in [7, 11) is 0. The fourth-order valence-electron chi connectivity index (χ4n) is 1.26. The van der Waals surface area contributed by atoms with E-state index in [1.54, 1.807) is 24.3 Å². The molecule has 1 aromatic carbocycles. The van der Waals surface area contributed by atoms with E-state index in [0.717, 1.165) is 6.42 Å². The van der Waals surface area contributed by atoms with Crippen molar-refractivity contribution in [3.8, 4) is 5.75 Å². The molecule has 1 atom stereocenters. The predicted molar refractivity (Wildman–Crippen MR) is 60.5 cm³/mol. The van der Waals surface area contributed by atoms with Crippen molar-refractivity contribution < 1.29 is 9.13 Å². The summed E-state index contributed by atoms with van der Waals surface area (Å²) in [4.78, 5) is 0. The molecule has 15 heavy (non-hydrogen) atoms. The first-order chi connectivity index (χ1) is 7.20. The lowest BCUT2D eigenvalue weighted by atomic mass is 10.0. The third kappa shape index (κ3) is 2.82. The lowest BCUT2D eigenvalue weighted by Crippen LogP contribution is -2.01. The molecule has 1 aromatic rings. The average molecular weight is 207 g/mol. The number of hydrogen-bond acceptors (Lipinski definition) is 1. The molecule has 2 heteroatoms. The molecular weight excluding hydrogens is 191 g/mol. The molecule has 1 nitrogen and oxygen atoms in total. The van der Waals surface area contributed by atoms with Crippen molar-refractivity contribution in [3.63, 3.8) is 0 Å². The van der Waals surface area contributed by atoms with Crippen LogP contribution in [0.5, 0.6) is 5.75 Å². The maximum atomic E-state index is 13.8. The van der Waals surface area contributed by atoms with Crippen LogP contribution in [0, 0.1) is 12.7 Å². The summed E-state index contributed by atoms with van der Waals surface area (Å²) in [6.07, 6.45) is 2.47. The van der Waals surface area contributed by atoms with Crippen LogP contribution in [0.15, 0.2) is 30.9 Å². The first-order valence-electron chi connectivity index (χ1n) is 5.07. The fraction of sp³-hybridized carbons (Fsp3) is 0.308. The highest BCUT2D eigenvalue weighted by atomic mass is 19.1. The number of benzene rings is 1. The highest BCUT2D eigenvalue weighted by Gasteiger charge is 2.12. The van der Waals surface area contributed by atoms with E-state index in [-0.39, 0.29) is 11.7 Å². The largest absolute Gasteiger partial charge is 0.491 e. The third-order valence-electron chi connectivity index (χ3n) is 2.14.